The first-order valence-electron chi connectivity index (χ1n) is 8.58. The van der Waals surface area contributed by atoms with E-state index in [0.29, 0.717) is 24.5 Å². The van der Waals surface area contributed by atoms with Gasteiger partial charge in [-0.3, -0.25) is 4.79 Å². The van der Waals surface area contributed by atoms with Crippen LogP contribution >= 0.6 is 0 Å². The van der Waals surface area contributed by atoms with Gasteiger partial charge < -0.3 is 19.5 Å². The summed E-state index contributed by atoms with van der Waals surface area (Å²) in [6.07, 6.45) is 1.77. The Morgan fingerprint density at radius 1 is 1.15 bits per heavy atom. The van der Waals surface area contributed by atoms with Gasteiger partial charge in [-0.1, -0.05) is 12.1 Å². The van der Waals surface area contributed by atoms with E-state index in [0.717, 1.165) is 41.0 Å². The third-order valence-electron chi connectivity index (χ3n) is 4.70. The van der Waals surface area contributed by atoms with Crippen molar-refractivity contribution in [3.8, 4) is 11.5 Å². The lowest BCUT2D eigenvalue weighted by molar-refractivity contribution is -0.115. The van der Waals surface area contributed by atoms with E-state index in [4.69, 9.17) is 14.2 Å². The second-order valence-corrected chi connectivity index (χ2v) is 6.28. The summed E-state index contributed by atoms with van der Waals surface area (Å²) in [5, 5.41) is 2.82. The number of rotatable bonds is 4. The zero-order valence-corrected chi connectivity index (χ0v) is 14.5. The van der Waals surface area contributed by atoms with Crippen molar-refractivity contribution in [2.24, 2.45) is 0 Å². The summed E-state index contributed by atoms with van der Waals surface area (Å²) in [6, 6.07) is 8.82. The minimum atomic E-state index is -0.487. The molecule has 2 heterocycles. The summed E-state index contributed by atoms with van der Waals surface area (Å²) in [5.74, 6) is 0.969. The van der Waals surface area contributed by atoms with Crippen molar-refractivity contribution in [2.75, 3.05) is 25.6 Å². The second kappa shape index (κ2) is 6.71. The molecule has 0 spiro atoms. The first-order valence-corrected chi connectivity index (χ1v) is 8.58. The quantitative estimate of drug-likeness (QED) is 0.855. The van der Waals surface area contributed by atoms with Crippen molar-refractivity contribution in [1.82, 2.24) is 0 Å². The molecule has 0 radical (unpaired) electrons. The molecule has 0 fully saturated rings. The fourth-order valence-electron chi connectivity index (χ4n) is 3.51. The fourth-order valence-corrected chi connectivity index (χ4v) is 3.51. The van der Waals surface area contributed by atoms with Crippen LogP contribution in [0, 0.1) is 0 Å². The highest BCUT2D eigenvalue weighted by Crippen LogP contribution is 2.40. The molecule has 0 atom stereocenters. The van der Waals surface area contributed by atoms with Crippen LogP contribution in [0.2, 0.25) is 0 Å². The molecule has 1 amide bonds. The lowest BCUT2D eigenvalue weighted by Crippen LogP contribution is -2.18. The lowest BCUT2D eigenvalue weighted by atomic mass is 9.97. The van der Waals surface area contributed by atoms with Crippen LogP contribution in [0.5, 0.6) is 11.5 Å². The smallest absolute Gasteiger partial charge is 0.339 e. The molecule has 2 aliphatic rings. The van der Waals surface area contributed by atoms with Gasteiger partial charge in [-0.25, -0.2) is 4.79 Å². The molecule has 6 nitrogen and oxygen atoms in total. The average Bonchev–Trinajstić information content (AvgIpc) is 3.30. The molecule has 6 heteroatoms. The lowest BCUT2D eigenvalue weighted by Gasteiger charge is -2.14. The molecule has 26 heavy (non-hydrogen) atoms. The maximum atomic E-state index is 12.7. The maximum Gasteiger partial charge on any atom is 0.339 e. The van der Waals surface area contributed by atoms with Crippen molar-refractivity contribution in [3.05, 3.63) is 52.6 Å². The van der Waals surface area contributed by atoms with E-state index in [1.165, 1.54) is 7.11 Å². The summed E-state index contributed by atoms with van der Waals surface area (Å²) < 4.78 is 16.2. The van der Waals surface area contributed by atoms with Crippen LogP contribution < -0.4 is 14.8 Å². The minimum Gasteiger partial charge on any atom is -0.493 e. The molecule has 2 aliphatic heterocycles. The first-order chi connectivity index (χ1) is 12.7. The number of nitrogens with one attached hydrogen (secondary N) is 1. The molecule has 2 aromatic rings. The van der Waals surface area contributed by atoms with Crippen LogP contribution in [0.15, 0.2) is 30.3 Å². The summed E-state index contributed by atoms with van der Waals surface area (Å²) in [5.41, 5.74) is 3.78. The number of anilines is 1. The van der Waals surface area contributed by atoms with Crippen LogP contribution in [0.4, 0.5) is 5.69 Å². The standard InChI is InChI=1S/C20H19NO5/c1-24-20(23)14-4-2-3-5-16(14)21-18(22)11-15-13-7-9-25-17(13)10-12-6-8-26-19(12)15/h2-5,10H,6-9,11H2,1H3,(H,21,22). The molecule has 0 aliphatic carbocycles. The summed E-state index contributed by atoms with van der Waals surface area (Å²) in [6.45, 7) is 1.25. The molecule has 1 N–H and O–H groups in total. The van der Waals surface area contributed by atoms with E-state index in [-0.39, 0.29) is 12.3 Å². The van der Waals surface area contributed by atoms with E-state index in [9.17, 15) is 9.59 Å². The Morgan fingerprint density at radius 2 is 1.96 bits per heavy atom. The van der Waals surface area contributed by atoms with Gasteiger partial charge in [0, 0.05) is 29.5 Å². The van der Waals surface area contributed by atoms with Gasteiger partial charge in [0.25, 0.3) is 0 Å². The van der Waals surface area contributed by atoms with Crippen LogP contribution in [-0.4, -0.2) is 32.2 Å². The topological polar surface area (TPSA) is 73.9 Å². The fraction of sp³-hybridized carbons (Fsp3) is 0.300. The number of ether oxygens (including phenoxy) is 3. The van der Waals surface area contributed by atoms with Crippen LogP contribution in [-0.2, 0) is 28.8 Å². The highest BCUT2D eigenvalue weighted by atomic mass is 16.5. The predicted octanol–water partition coefficient (Wildman–Crippen LogP) is 2.52. The van der Waals surface area contributed by atoms with Crippen LogP contribution in [0.25, 0.3) is 0 Å². The summed E-state index contributed by atoms with van der Waals surface area (Å²) in [4.78, 5) is 24.6. The Balaban J connectivity index is 1.60. The Bertz CT molecular complexity index is 858. The van der Waals surface area contributed by atoms with E-state index >= 15 is 0 Å². The molecular weight excluding hydrogens is 334 g/mol. The van der Waals surface area contributed by atoms with Gasteiger partial charge in [0.2, 0.25) is 5.91 Å². The Labute approximate surface area is 151 Å². The minimum absolute atomic E-state index is 0.171. The number of hydrogen-bond donors (Lipinski definition) is 1. The number of esters is 1. The highest BCUT2D eigenvalue weighted by Gasteiger charge is 2.27. The molecule has 0 unspecified atom stereocenters. The highest BCUT2D eigenvalue weighted by molar-refractivity contribution is 6.02. The second-order valence-electron chi connectivity index (χ2n) is 6.28. The van der Waals surface area contributed by atoms with Gasteiger partial charge in [0.1, 0.15) is 11.5 Å². The SMILES string of the molecule is COC(=O)c1ccccc1NC(=O)Cc1c2c(cc3c1OCC3)OCC2. The van der Waals surface area contributed by atoms with Gasteiger partial charge in [-0.05, 0) is 18.2 Å². The van der Waals surface area contributed by atoms with Crippen molar-refractivity contribution in [2.45, 2.75) is 19.3 Å². The number of carbonyl (C=O) groups excluding carboxylic acids is 2. The number of benzene rings is 2. The number of amides is 1. The molecule has 4 rings (SSSR count). The Hall–Kier alpha value is -3.02. The third-order valence-corrected chi connectivity index (χ3v) is 4.70. The number of methoxy groups -OCH3 is 1. The molecule has 0 aromatic heterocycles. The number of fused-ring (bicyclic) bond motifs is 2. The average molecular weight is 353 g/mol. The monoisotopic (exact) mass is 353 g/mol. The van der Waals surface area contributed by atoms with Gasteiger partial charge >= 0.3 is 5.97 Å². The summed E-state index contributed by atoms with van der Waals surface area (Å²) >= 11 is 0. The van der Waals surface area contributed by atoms with Crippen molar-refractivity contribution >= 4 is 17.6 Å². The van der Waals surface area contributed by atoms with E-state index in [1.807, 2.05) is 6.07 Å². The van der Waals surface area contributed by atoms with Crippen molar-refractivity contribution < 1.29 is 23.8 Å². The van der Waals surface area contributed by atoms with Crippen LogP contribution in [0.1, 0.15) is 27.0 Å². The molecule has 2 aromatic carbocycles. The maximum absolute atomic E-state index is 12.7. The van der Waals surface area contributed by atoms with Gasteiger partial charge in [-0.2, -0.15) is 0 Å². The number of hydrogen-bond acceptors (Lipinski definition) is 5. The largest absolute Gasteiger partial charge is 0.493 e. The third kappa shape index (κ3) is 2.87. The zero-order valence-electron chi connectivity index (χ0n) is 14.5. The van der Waals surface area contributed by atoms with E-state index < -0.39 is 5.97 Å². The van der Waals surface area contributed by atoms with Gasteiger partial charge in [0.05, 0.1) is 38.0 Å². The number of para-hydroxylation sites is 1. The normalized spacial score (nSPS) is 14.0. The van der Waals surface area contributed by atoms with Gasteiger partial charge in [0.15, 0.2) is 0 Å². The Morgan fingerprint density at radius 3 is 2.81 bits per heavy atom. The molecular formula is C20H19NO5. The van der Waals surface area contributed by atoms with E-state index in [2.05, 4.69) is 5.32 Å². The zero-order chi connectivity index (χ0) is 18.1. The number of carbonyl (C=O) groups is 2. The van der Waals surface area contributed by atoms with Crippen LogP contribution in [0.3, 0.4) is 0 Å². The molecule has 0 bridgehead atoms. The molecule has 0 saturated carbocycles. The van der Waals surface area contributed by atoms with Crippen molar-refractivity contribution in [1.29, 1.82) is 0 Å². The predicted molar refractivity (Wildman–Crippen MR) is 95.0 cm³/mol. The summed E-state index contributed by atoms with van der Waals surface area (Å²) in [7, 11) is 1.31. The first kappa shape index (κ1) is 16.4. The molecule has 134 valence electrons. The van der Waals surface area contributed by atoms with E-state index in [1.54, 1.807) is 24.3 Å². The molecule has 0 saturated heterocycles. The Kier molecular flexibility index (Phi) is 4.24. The van der Waals surface area contributed by atoms with Gasteiger partial charge in [-0.15, -0.1) is 0 Å². The van der Waals surface area contributed by atoms with Crippen molar-refractivity contribution in [3.63, 3.8) is 0 Å².